The molecule has 2 N–H and O–H groups in total. The van der Waals surface area contributed by atoms with Gasteiger partial charge < -0.3 is 9.64 Å². The van der Waals surface area contributed by atoms with Crippen LogP contribution in [-0.4, -0.2) is 53.3 Å². The second-order valence-electron chi connectivity index (χ2n) is 9.31. The van der Waals surface area contributed by atoms with Gasteiger partial charge in [0, 0.05) is 19.0 Å². The molecule has 0 spiro atoms. The van der Waals surface area contributed by atoms with Crippen LogP contribution in [0.3, 0.4) is 0 Å². The quantitative estimate of drug-likeness (QED) is 0.579. The SMILES string of the molecule is COc1cc(C(C)C)c2c(=O)[nH]c(N3CCc4[nH][n+](CCN5CCCC5)cc4C3)nc2c1. The highest BCUT2D eigenvalue weighted by Gasteiger charge is 2.25. The summed E-state index contributed by atoms with van der Waals surface area (Å²) in [5.74, 6) is 1.56. The molecule has 1 saturated heterocycles. The van der Waals surface area contributed by atoms with E-state index in [9.17, 15) is 4.79 Å². The summed E-state index contributed by atoms with van der Waals surface area (Å²) in [6.45, 7) is 10.2. The molecule has 1 aromatic carbocycles. The van der Waals surface area contributed by atoms with Crippen molar-refractivity contribution < 1.29 is 9.42 Å². The van der Waals surface area contributed by atoms with Gasteiger partial charge in [0.2, 0.25) is 12.1 Å². The number of nitrogens with one attached hydrogen (secondary N) is 2. The molecule has 2 aromatic heterocycles. The summed E-state index contributed by atoms with van der Waals surface area (Å²) in [6, 6.07) is 3.80. The van der Waals surface area contributed by atoms with E-state index in [1.165, 1.54) is 37.2 Å². The number of rotatable bonds is 6. The zero-order valence-electron chi connectivity index (χ0n) is 19.3. The van der Waals surface area contributed by atoms with Gasteiger partial charge in [-0.1, -0.05) is 13.8 Å². The Bertz CT molecular complexity index is 1180. The van der Waals surface area contributed by atoms with E-state index in [0.29, 0.717) is 16.9 Å². The van der Waals surface area contributed by atoms with Crippen molar-refractivity contribution in [2.75, 3.05) is 38.2 Å². The van der Waals surface area contributed by atoms with Gasteiger partial charge in [-0.05, 0) is 43.5 Å². The van der Waals surface area contributed by atoms with Crippen LogP contribution in [0.1, 0.15) is 49.4 Å². The van der Waals surface area contributed by atoms with Crippen molar-refractivity contribution in [1.82, 2.24) is 20.0 Å². The Labute approximate surface area is 188 Å². The molecule has 0 radical (unpaired) electrons. The molecule has 2 aliphatic rings. The standard InChI is InChI=1S/C24H32N6O2/c1-16(2)19-12-18(32-3)13-21-22(19)23(31)26-24(25-21)29-9-6-20-17(14-29)15-30(27-20)11-10-28-7-4-5-8-28/h12-13,15-16H,4-11,14H2,1-3H3,(H,25,26,31)/p+1. The lowest BCUT2D eigenvalue weighted by Gasteiger charge is -2.26. The summed E-state index contributed by atoms with van der Waals surface area (Å²) in [5, 5.41) is 4.22. The van der Waals surface area contributed by atoms with Crippen LogP contribution in [0.25, 0.3) is 10.9 Å². The number of aromatic amines is 2. The third kappa shape index (κ3) is 3.99. The second-order valence-corrected chi connectivity index (χ2v) is 9.31. The van der Waals surface area contributed by atoms with Crippen LogP contribution in [0.2, 0.25) is 0 Å². The van der Waals surface area contributed by atoms with Crippen LogP contribution in [0.5, 0.6) is 5.75 Å². The number of hydrogen-bond acceptors (Lipinski definition) is 5. The van der Waals surface area contributed by atoms with Crippen LogP contribution < -0.4 is 19.9 Å². The van der Waals surface area contributed by atoms with Gasteiger partial charge in [0.05, 0.1) is 42.4 Å². The predicted octanol–water partition coefficient (Wildman–Crippen LogP) is 2.33. The Hall–Kier alpha value is -2.87. The fourth-order valence-corrected chi connectivity index (χ4v) is 4.97. The van der Waals surface area contributed by atoms with Crippen molar-refractivity contribution in [2.24, 2.45) is 0 Å². The third-order valence-corrected chi connectivity index (χ3v) is 6.78. The summed E-state index contributed by atoms with van der Waals surface area (Å²) in [7, 11) is 1.65. The first kappa shape index (κ1) is 21.0. The molecule has 3 aromatic rings. The van der Waals surface area contributed by atoms with E-state index in [4.69, 9.17) is 9.72 Å². The number of hydrogen-bond donors (Lipinski definition) is 2. The number of methoxy groups -OCH3 is 1. The molecular weight excluding hydrogens is 404 g/mol. The second kappa shape index (κ2) is 8.58. The lowest BCUT2D eigenvalue weighted by Crippen LogP contribution is -2.41. The van der Waals surface area contributed by atoms with Crippen LogP contribution in [0, 0.1) is 0 Å². The molecule has 4 heterocycles. The average Bonchev–Trinajstić information content (AvgIpc) is 3.45. The molecular formula is C24H33N6O2+. The van der Waals surface area contributed by atoms with Crippen LogP contribution in [0.15, 0.2) is 23.1 Å². The van der Waals surface area contributed by atoms with Crippen LogP contribution >= 0.6 is 0 Å². The lowest BCUT2D eigenvalue weighted by atomic mass is 9.98. The van der Waals surface area contributed by atoms with Crippen molar-refractivity contribution in [1.29, 1.82) is 0 Å². The minimum absolute atomic E-state index is 0.0862. The van der Waals surface area contributed by atoms with Gasteiger partial charge in [0.1, 0.15) is 5.75 Å². The molecule has 1 fully saturated rings. The number of ether oxygens (including phenoxy) is 1. The van der Waals surface area contributed by atoms with Gasteiger partial charge in [-0.2, -0.15) is 5.10 Å². The number of nitrogens with zero attached hydrogens (tertiary/aromatic N) is 4. The molecule has 0 unspecified atom stereocenters. The van der Waals surface area contributed by atoms with Crippen molar-refractivity contribution in [3.8, 4) is 5.75 Å². The van der Waals surface area contributed by atoms with E-state index in [1.54, 1.807) is 7.11 Å². The minimum Gasteiger partial charge on any atom is -0.497 e. The summed E-state index contributed by atoms with van der Waals surface area (Å²) in [4.78, 5) is 25.6. The van der Waals surface area contributed by atoms with Crippen molar-refractivity contribution in [3.05, 3.63) is 45.5 Å². The van der Waals surface area contributed by atoms with E-state index in [2.05, 4.69) is 44.6 Å². The largest absolute Gasteiger partial charge is 0.497 e. The fraction of sp³-hybridized carbons (Fsp3) is 0.542. The Balaban J connectivity index is 1.40. The molecule has 0 amide bonds. The van der Waals surface area contributed by atoms with E-state index in [-0.39, 0.29) is 11.5 Å². The zero-order chi connectivity index (χ0) is 22.2. The number of H-pyrrole nitrogens is 2. The van der Waals surface area contributed by atoms with Crippen molar-refractivity contribution >= 4 is 16.9 Å². The molecule has 170 valence electrons. The fourth-order valence-electron chi connectivity index (χ4n) is 4.97. The molecule has 0 saturated carbocycles. The summed E-state index contributed by atoms with van der Waals surface area (Å²) >= 11 is 0. The minimum atomic E-state index is -0.0862. The molecule has 2 aliphatic heterocycles. The first-order valence-corrected chi connectivity index (χ1v) is 11.7. The summed E-state index contributed by atoms with van der Waals surface area (Å²) < 4.78 is 7.68. The molecule has 32 heavy (non-hydrogen) atoms. The van der Waals surface area contributed by atoms with E-state index < -0.39 is 0 Å². The summed E-state index contributed by atoms with van der Waals surface area (Å²) in [6.07, 6.45) is 5.77. The molecule has 0 bridgehead atoms. The normalized spacial score (nSPS) is 16.8. The highest BCUT2D eigenvalue weighted by atomic mass is 16.5. The Morgan fingerprint density at radius 1 is 1.22 bits per heavy atom. The topological polar surface area (TPSA) is 81.1 Å². The first-order chi connectivity index (χ1) is 15.5. The maximum atomic E-state index is 13.0. The highest BCUT2D eigenvalue weighted by Crippen LogP contribution is 2.29. The van der Waals surface area contributed by atoms with Gasteiger partial charge in [-0.3, -0.25) is 14.7 Å². The van der Waals surface area contributed by atoms with Gasteiger partial charge >= 0.3 is 0 Å². The van der Waals surface area contributed by atoms with Gasteiger partial charge in [-0.15, -0.1) is 4.68 Å². The number of likely N-dealkylation sites (tertiary alicyclic amines) is 1. The zero-order valence-corrected chi connectivity index (χ0v) is 19.3. The van der Waals surface area contributed by atoms with Gasteiger partial charge in [0.25, 0.3) is 5.56 Å². The van der Waals surface area contributed by atoms with E-state index in [0.717, 1.165) is 43.9 Å². The molecule has 8 nitrogen and oxygen atoms in total. The Kier molecular flexibility index (Phi) is 5.63. The Morgan fingerprint density at radius 2 is 2.03 bits per heavy atom. The number of benzene rings is 1. The average molecular weight is 438 g/mol. The van der Waals surface area contributed by atoms with Crippen LogP contribution in [0.4, 0.5) is 5.95 Å². The molecule has 8 heteroatoms. The Morgan fingerprint density at radius 3 is 2.78 bits per heavy atom. The smallest absolute Gasteiger partial charge is 0.260 e. The first-order valence-electron chi connectivity index (χ1n) is 11.7. The molecule has 0 atom stereocenters. The maximum Gasteiger partial charge on any atom is 0.260 e. The van der Waals surface area contributed by atoms with Crippen molar-refractivity contribution in [2.45, 2.75) is 52.1 Å². The maximum absolute atomic E-state index is 13.0. The third-order valence-electron chi connectivity index (χ3n) is 6.78. The lowest BCUT2D eigenvalue weighted by molar-refractivity contribution is -0.750. The monoisotopic (exact) mass is 437 g/mol. The molecule has 0 aliphatic carbocycles. The van der Waals surface area contributed by atoms with E-state index in [1.807, 2.05) is 12.1 Å². The number of fused-ring (bicyclic) bond motifs is 2. The highest BCUT2D eigenvalue weighted by molar-refractivity contribution is 5.84. The summed E-state index contributed by atoms with van der Waals surface area (Å²) in [5.41, 5.74) is 4.12. The molecule has 5 rings (SSSR count). The van der Waals surface area contributed by atoms with Gasteiger partial charge in [-0.25, -0.2) is 4.98 Å². The van der Waals surface area contributed by atoms with E-state index >= 15 is 0 Å². The predicted molar refractivity (Wildman–Crippen MR) is 124 cm³/mol. The van der Waals surface area contributed by atoms with Crippen molar-refractivity contribution in [3.63, 3.8) is 0 Å². The number of aromatic nitrogens is 4. The van der Waals surface area contributed by atoms with Crippen LogP contribution in [-0.2, 0) is 19.5 Å². The van der Waals surface area contributed by atoms with Gasteiger partial charge in [0.15, 0.2) is 6.54 Å². The number of anilines is 1.